The number of benzene rings is 3. The molecule has 0 saturated carbocycles. The monoisotopic (exact) mass is 484 g/mol. The van der Waals surface area contributed by atoms with Gasteiger partial charge in [0, 0.05) is 34.3 Å². The molecular formula is C26H20N4O4S. The molecule has 3 aromatic carbocycles. The summed E-state index contributed by atoms with van der Waals surface area (Å²) in [6.45, 7) is 1.93. The number of pyridine rings is 1. The standard InChI is InChI=1S/C26H20N4O4S/c1-14-13-29-26(35-14)30-25(32)18-5-3-4-15-10-16(6-7-17(15)18)34-22-8-9-28-21-12-23(33-2)20(24(27)31)11-19(21)22/h3-13H,1-2H3,(H2,27,31)(H,29,30,32). The number of rotatable bonds is 6. The topological polar surface area (TPSA) is 116 Å². The summed E-state index contributed by atoms with van der Waals surface area (Å²) in [7, 11) is 1.47. The summed E-state index contributed by atoms with van der Waals surface area (Å²) in [4.78, 5) is 34.3. The second kappa shape index (κ2) is 9.03. The molecule has 2 heterocycles. The van der Waals surface area contributed by atoms with Crippen molar-refractivity contribution in [3.63, 3.8) is 0 Å². The molecule has 9 heteroatoms. The lowest BCUT2D eigenvalue weighted by Gasteiger charge is -2.13. The lowest BCUT2D eigenvalue weighted by atomic mass is 10.0. The number of aromatic nitrogens is 2. The van der Waals surface area contributed by atoms with Crippen molar-refractivity contribution in [1.29, 1.82) is 0 Å². The van der Waals surface area contributed by atoms with E-state index in [1.165, 1.54) is 18.4 Å². The fraction of sp³-hybridized carbons (Fsp3) is 0.0769. The summed E-state index contributed by atoms with van der Waals surface area (Å²) in [6, 6.07) is 16.0. The Morgan fingerprint density at radius 3 is 2.57 bits per heavy atom. The van der Waals surface area contributed by atoms with Crippen molar-refractivity contribution in [3.05, 3.63) is 83.0 Å². The van der Waals surface area contributed by atoms with E-state index in [9.17, 15) is 9.59 Å². The number of fused-ring (bicyclic) bond motifs is 2. The van der Waals surface area contributed by atoms with Crippen LogP contribution >= 0.6 is 11.3 Å². The first-order valence-electron chi connectivity index (χ1n) is 10.6. The van der Waals surface area contributed by atoms with Gasteiger partial charge in [0.2, 0.25) is 0 Å². The van der Waals surface area contributed by atoms with Crippen LogP contribution in [0.15, 0.2) is 67.0 Å². The van der Waals surface area contributed by atoms with E-state index in [0.717, 1.165) is 15.6 Å². The molecule has 5 rings (SSSR count). The van der Waals surface area contributed by atoms with E-state index in [-0.39, 0.29) is 11.5 Å². The molecule has 0 saturated heterocycles. The Bertz CT molecular complexity index is 1610. The summed E-state index contributed by atoms with van der Waals surface area (Å²) >= 11 is 1.42. The first-order valence-corrected chi connectivity index (χ1v) is 11.5. The van der Waals surface area contributed by atoms with Gasteiger partial charge < -0.3 is 15.2 Å². The Kier molecular flexibility index (Phi) is 5.76. The van der Waals surface area contributed by atoms with Crippen LogP contribution in [0.4, 0.5) is 5.13 Å². The average Bonchev–Trinajstić information content (AvgIpc) is 3.27. The maximum atomic E-state index is 12.9. The van der Waals surface area contributed by atoms with Crippen LogP contribution in [0.5, 0.6) is 17.2 Å². The van der Waals surface area contributed by atoms with E-state index in [2.05, 4.69) is 15.3 Å². The highest BCUT2D eigenvalue weighted by Gasteiger charge is 2.16. The van der Waals surface area contributed by atoms with Gasteiger partial charge in [-0.3, -0.25) is 19.9 Å². The maximum absolute atomic E-state index is 12.9. The van der Waals surface area contributed by atoms with Crippen LogP contribution in [0.3, 0.4) is 0 Å². The van der Waals surface area contributed by atoms with Crippen molar-refractivity contribution in [3.8, 4) is 17.2 Å². The molecule has 0 fully saturated rings. The Labute approximate surface area is 204 Å². The highest BCUT2D eigenvalue weighted by Crippen LogP contribution is 2.34. The Morgan fingerprint density at radius 1 is 0.971 bits per heavy atom. The fourth-order valence-electron chi connectivity index (χ4n) is 3.83. The van der Waals surface area contributed by atoms with Crippen molar-refractivity contribution in [2.75, 3.05) is 12.4 Å². The zero-order valence-electron chi connectivity index (χ0n) is 18.9. The van der Waals surface area contributed by atoms with Gasteiger partial charge in [0.05, 0.1) is 18.2 Å². The molecule has 0 aliphatic heterocycles. The Hall–Kier alpha value is -4.50. The molecule has 0 bridgehead atoms. The first kappa shape index (κ1) is 22.3. The fourth-order valence-corrected chi connectivity index (χ4v) is 4.49. The minimum atomic E-state index is -0.608. The molecule has 0 atom stereocenters. The molecule has 2 amide bonds. The molecule has 3 N–H and O–H groups in total. The predicted molar refractivity (Wildman–Crippen MR) is 136 cm³/mol. The number of carbonyl (C=O) groups excluding carboxylic acids is 2. The lowest BCUT2D eigenvalue weighted by Crippen LogP contribution is -2.12. The number of nitrogens with two attached hydrogens (primary N) is 1. The number of ether oxygens (including phenoxy) is 2. The normalized spacial score (nSPS) is 10.9. The van der Waals surface area contributed by atoms with Gasteiger partial charge in [-0.25, -0.2) is 4.98 Å². The van der Waals surface area contributed by atoms with Gasteiger partial charge in [-0.2, -0.15) is 0 Å². The van der Waals surface area contributed by atoms with E-state index in [4.69, 9.17) is 15.2 Å². The SMILES string of the molecule is COc1cc2nccc(Oc3ccc4c(C(=O)Nc5ncc(C)s5)cccc4c3)c2cc1C(N)=O. The maximum Gasteiger partial charge on any atom is 0.258 e. The highest BCUT2D eigenvalue weighted by molar-refractivity contribution is 7.15. The van der Waals surface area contributed by atoms with Gasteiger partial charge in [-0.05, 0) is 54.1 Å². The predicted octanol–water partition coefficient (Wildman–Crippen LogP) is 5.31. The third-order valence-electron chi connectivity index (χ3n) is 5.45. The largest absolute Gasteiger partial charge is 0.496 e. The van der Waals surface area contributed by atoms with Crippen LogP contribution < -0.4 is 20.5 Å². The van der Waals surface area contributed by atoms with E-state index < -0.39 is 5.91 Å². The number of thiazole rings is 1. The van der Waals surface area contributed by atoms with Gasteiger partial charge in [0.15, 0.2) is 5.13 Å². The van der Waals surface area contributed by atoms with Crippen molar-refractivity contribution >= 4 is 50.0 Å². The van der Waals surface area contributed by atoms with Gasteiger partial charge in [0.25, 0.3) is 11.8 Å². The molecule has 8 nitrogen and oxygen atoms in total. The van der Waals surface area contributed by atoms with E-state index in [1.807, 2.05) is 31.2 Å². The van der Waals surface area contributed by atoms with Crippen molar-refractivity contribution < 1.29 is 19.1 Å². The second-order valence-corrected chi connectivity index (χ2v) is 9.00. The number of methoxy groups -OCH3 is 1. The minimum absolute atomic E-state index is 0.230. The number of aryl methyl sites for hydroxylation is 1. The smallest absolute Gasteiger partial charge is 0.258 e. The summed E-state index contributed by atoms with van der Waals surface area (Å²) in [5, 5.41) is 5.65. The summed E-state index contributed by atoms with van der Waals surface area (Å²) in [5.74, 6) is 0.579. The number of amides is 2. The number of hydrogen-bond acceptors (Lipinski definition) is 7. The third-order valence-corrected chi connectivity index (χ3v) is 6.28. The quantitative estimate of drug-likeness (QED) is 0.338. The molecule has 0 spiro atoms. The van der Waals surface area contributed by atoms with Crippen LogP contribution in [0, 0.1) is 6.92 Å². The molecule has 5 aromatic rings. The van der Waals surface area contributed by atoms with Gasteiger partial charge in [-0.15, -0.1) is 11.3 Å². The molecule has 0 unspecified atom stereocenters. The molecule has 0 aliphatic carbocycles. The van der Waals surface area contributed by atoms with Crippen LogP contribution in [-0.2, 0) is 0 Å². The number of anilines is 1. The number of hydrogen-bond donors (Lipinski definition) is 2. The molecule has 0 radical (unpaired) electrons. The zero-order chi connectivity index (χ0) is 24.5. The Morgan fingerprint density at radius 2 is 1.83 bits per heavy atom. The molecule has 35 heavy (non-hydrogen) atoms. The van der Waals surface area contributed by atoms with Crippen molar-refractivity contribution in [2.24, 2.45) is 5.73 Å². The van der Waals surface area contributed by atoms with Gasteiger partial charge >= 0.3 is 0 Å². The summed E-state index contributed by atoms with van der Waals surface area (Å²) in [5.41, 5.74) is 6.89. The first-order chi connectivity index (χ1) is 16.9. The van der Waals surface area contributed by atoms with Gasteiger partial charge in [0.1, 0.15) is 17.2 Å². The van der Waals surface area contributed by atoms with Crippen LogP contribution in [0.1, 0.15) is 25.6 Å². The highest BCUT2D eigenvalue weighted by atomic mass is 32.1. The Balaban J connectivity index is 1.49. The summed E-state index contributed by atoms with van der Waals surface area (Å²) < 4.78 is 11.4. The number of primary amides is 1. The van der Waals surface area contributed by atoms with Crippen LogP contribution in [0.2, 0.25) is 0 Å². The zero-order valence-corrected chi connectivity index (χ0v) is 19.7. The van der Waals surface area contributed by atoms with E-state index in [0.29, 0.717) is 38.8 Å². The van der Waals surface area contributed by atoms with Gasteiger partial charge in [-0.1, -0.05) is 12.1 Å². The number of carbonyl (C=O) groups is 2. The molecule has 2 aromatic heterocycles. The van der Waals surface area contributed by atoms with Crippen molar-refractivity contribution in [1.82, 2.24) is 9.97 Å². The molecule has 0 aliphatic rings. The second-order valence-electron chi connectivity index (χ2n) is 7.76. The number of nitrogens with zero attached hydrogens (tertiary/aromatic N) is 2. The van der Waals surface area contributed by atoms with Crippen LogP contribution in [0.25, 0.3) is 21.7 Å². The van der Waals surface area contributed by atoms with E-state index in [1.54, 1.807) is 42.7 Å². The lowest BCUT2D eigenvalue weighted by molar-refractivity contribution is 0.0995. The average molecular weight is 485 g/mol. The van der Waals surface area contributed by atoms with Crippen molar-refractivity contribution in [2.45, 2.75) is 6.92 Å². The van der Waals surface area contributed by atoms with Crippen LogP contribution in [-0.4, -0.2) is 28.9 Å². The third kappa shape index (κ3) is 4.36. The molecule has 174 valence electrons. The minimum Gasteiger partial charge on any atom is -0.496 e. The van der Waals surface area contributed by atoms with E-state index >= 15 is 0 Å². The summed E-state index contributed by atoms with van der Waals surface area (Å²) in [6.07, 6.45) is 3.34. The molecular weight excluding hydrogens is 464 g/mol. The number of nitrogens with one attached hydrogen (secondary N) is 1.